The predicted octanol–water partition coefficient (Wildman–Crippen LogP) is 3.10. The van der Waals surface area contributed by atoms with Crippen molar-refractivity contribution in [3.05, 3.63) is 16.4 Å². The first-order chi connectivity index (χ1) is 9.79. The molecule has 1 saturated heterocycles. The summed E-state index contributed by atoms with van der Waals surface area (Å²) in [6.45, 7) is 2.07. The van der Waals surface area contributed by atoms with Crippen LogP contribution in [0.3, 0.4) is 0 Å². The van der Waals surface area contributed by atoms with E-state index in [2.05, 4.69) is 14.7 Å². The molecule has 0 aromatic carbocycles. The molecule has 0 saturated carbocycles. The van der Waals surface area contributed by atoms with Crippen LogP contribution < -0.4 is 0 Å². The summed E-state index contributed by atoms with van der Waals surface area (Å²) in [6.07, 6.45) is -2.34. The van der Waals surface area contributed by atoms with Crippen LogP contribution in [0.1, 0.15) is 30.1 Å². The molecule has 0 N–H and O–H groups in total. The van der Waals surface area contributed by atoms with Crippen molar-refractivity contribution in [2.24, 2.45) is 7.05 Å². The molecular weight excluding hydrogens is 307 g/mol. The summed E-state index contributed by atoms with van der Waals surface area (Å²) in [4.78, 5) is 2.12. The molecule has 1 aliphatic rings. The largest absolute Gasteiger partial charge is 0.411 e. The third-order valence-electron chi connectivity index (χ3n) is 3.68. The smallest absolute Gasteiger partial charge is 0.371 e. The first-order valence-electron chi connectivity index (χ1n) is 6.87. The van der Waals surface area contributed by atoms with E-state index >= 15 is 0 Å². The monoisotopic (exact) mass is 325 g/mol. The molecule has 120 valence electrons. The average molecular weight is 326 g/mol. The van der Waals surface area contributed by atoms with E-state index in [-0.39, 0.29) is 12.6 Å². The van der Waals surface area contributed by atoms with E-state index in [0.717, 1.165) is 30.6 Å². The first-order valence-corrected chi connectivity index (χ1v) is 7.25. The summed E-state index contributed by atoms with van der Waals surface area (Å²) in [7, 11) is 1.78. The second-order valence-corrected chi connectivity index (χ2v) is 5.63. The van der Waals surface area contributed by atoms with Crippen molar-refractivity contribution >= 4 is 11.6 Å². The fourth-order valence-corrected chi connectivity index (χ4v) is 3.12. The van der Waals surface area contributed by atoms with Gasteiger partial charge in [0.15, 0.2) is 0 Å². The van der Waals surface area contributed by atoms with Crippen LogP contribution in [0.2, 0.25) is 5.15 Å². The molecule has 1 aromatic rings. The van der Waals surface area contributed by atoms with E-state index in [9.17, 15) is 13.2 Å². The fourth-order valence-electron chi connectivity index (χ4n) is 2.82. The Balaban J connectivity index is 1.94. The molecule has 1 fully saturated rings. The number of rotatable bonds is 5. The Morgan fingerprint density at radius 2 is 2.14 bits per heavy atom. The normalized spacial score (nSPS) is 20.4. The maximum Gasteiger partial charge on any atom is 0.411 e. The van der Waals surface area contributed by atoms with Gasteiger partial charge < -0.3 is 4.74 Å². The van der Waals surface area contributed by atoms with Gasteiger partial charge in [0, 0.05) is 25.2 Å². The van der Waals surface area contributed by atoms with Crippen LogP contribution in [-0.2, 0) is 11.8 Å². The van der Waals surface area contributed by atoms with Crippen molar-refractivity contribution in [3.8, 4) is 0 Å². The van der Waals surface area contributed by atoms with E-state index in [1.807, 2.05) is 6.92 Å². The molecule has 1 aromatic heterocycles. The molecule has 21 heavy (non-hydrogen) atoms. The number of nitrogens with zero attached hydrogens (tertiary/aromatic N) is 3. The minimum absolute atomic E-state index is 0.0624. The third kappa shape index (κ3) is 4.11. The van der Waals surface area contributed by atoms with Gasteiger partial charge in [0.25, 0.3) is 0 Å². The third-order valence-corrected chi connectivity index (χ3v) is 4.13. The number of hydrogen-bond donors (Lipinski definition) is 0. The number of hydrogen-bond acceptors (Lipinski definition) is 3. The van der Waals surface area contributed by atoms with Crippen LogP contribution in [0, 0.1) is 6.92 Å². The lowest BCUT2D eigenvalue weighted by atomic mass is 10.1. The van der Waals surface area contributed by atoms with Crippen molar-refractivity contribution in [1.29, 1.82) is 0 Å². The summed E-state index contributed by atoms with van der Waals surface area (Å²) in [5.41, 5.74) is 1.85. The molecular formula is C13H19ClF3N3O. The van der Waals surface area contributed by atoms with Gasteiger partial charge in [-0.25, -0.2) is 0 Å². The van der Waals surface area contributed by atoms with Gasteiger partial charge in [0.05, 0.1) is 12.3 Å². The van der Waals surface area contributed by atoms with E-state index in [1.165, 1.54) is 0 Å². The van der Waals surface area contributed by atoms with Crippen LogP contribution in [-0.4, -0.2) is 47.2 Å². The van der Waals surface area contributed by atoms with Crippen LogP contribution in [0.5, 0.6) is 0 Å². The van der Waals surface area contributed by atoms with Crippen molar-refractivity contribution in [1.82, 2.24) is 14.7 Å². The summed E-state index contributed by atoms with van der Waals surface area (Å²) >= 11 is 6.27. The number of halogens is 4. The Labute approximate surface area is 126 Å². The molecule has 1 unspecified atom stereocenters. The maximum absolute atomic E-state index is 12.0. The van der Waals surface area contributed by atoms with Gasteiger partial charge in [-0.3, -0.25) is 9.58 Å². The molecule has 2 heterocycles. The summed E-state index contributed by atoms with van der Waals surface area (Å²) in [6, 6.07) is 0.112. The van der Waals surface area contributed by atoms with E-state index in [0.29, 0.717) is 11.7 Å². The highest BCUT2D eigenvalue weighted by molar-refractivity contribution is 6.30. The molecule has 0 aliphatic carbocycles. The Morgan fingerprint density at radius 3 is 2.71 bits per heavy atom. The molecule has 0 spiro atoms. The second kappa shape index (κ2) is 6.54. The minimum Gasteiger partial charge on any atom is -0.371 e. The molecule has 4 nitrogen and oxygen atoms in total. The molecule has 0 radical (unpaired) electrons. The summed E-state index contributed by atoms with van der Waals surface area (Å²) in [5, 5.41) is 4.89. The van der Waals surface area contributed by atoms with E-state index < -0.39 is 12.8 Å². The molecule has 1 aliphatic heterocycles. The predicted molar refractivity (Wildman–Crippen MR) is 73.4 cm³/mol. The van der Waals surface area contributed by atoms with Crippen LogP contribution in [0.4, 0.5) is 13.2 Å². The minimum atomic E-state index is -4.27. The van der Waals surface area contributed by atoms with Gasteiger partial charge in [-0.2, -0.15) is 18.3 Å². The van der Waals surface area contributed by atoms with Crippen LogP contribution >= 0.6 is 11.6 Å². The standard InChI is InChI=1S/C13H19ClF3N3O/c1-9-11(12(14)19(2)18-9)10-4-3-5-20(10)6-7-21-8-13(15,16)17/h10H,3-8H2,1-2H3. The highest BCUT2D eigenvalue weighted by atomic mass is 35.5. The topological polar surface area (TPSA) is 30.3 Å². The van der Waals surface area contributed by atoms with Gasteiger partial charge in [-0.05, 0) is 26.3 Å². The zero-order valence-electron chi connectivity index (χ0n) is 12.1. The van der Waals surface area contributed by atoms with E-state index in [1.54, 1.807) is 11.7 Å². The molecule has 0 bridgehead atoms. The van der Waals surface area contributed by atoms with Crippen molar-refractivity contribution in [2.45, 2.75) is 32.0 Å². The van der Waals surface area contributed by atoms with Gasteiger partial charge in [0.2, 0.25) is 0 Å². The Morgan fingerprint density at radius 1 is 1.43 bits per heavy atom. The zero-order valence-corrected chi connectivity index (χ0v) is 12.8. The van der Waals surface area contributed by atoms with Crippen molar-refractivity contribution in [2.75, 3.05) is 26.3 Å². The Kier molecular flexibility index (Phi) is 5.16. The molecule has 1 atom stereocenters. The Hall–Kier alpha value is -0.790. The van der Waals surface area contributed by atoms with Gasteiger partial charge >= 0.3 is 6.18 Å². The lowest BCUT2D eigenvalue weighted by molar-refractivity contribution is -0.174. The summed E-state index contributed by atoms with van der Waals surface area (Å²) < 4.78 is 42.4. The average Bonchev–Trinajstić information content (AvgIpc) is 2.90. The number of aryl methyl sites for hydroxylation is 2. The molecule has 0 amide bonds. The second-order valence-electron chi connectivity index (χ2n) is 5.28. The van der Waals surface area contributed by atoms with Crippen LogP contribution in [0.15, 0.2) is 0 Å². The van der Waals surface area contributed by atoms with Gasteiger partial charge in [-0.1, -0.05) is 11.6 Å². The highest BCUT2D eigenvalue weighted by Gasteiger charge is 2.31. The van der Waals surface area contributed by atoms with Gasteiger partial charge in [0.1, 0.15) is 11.8 Å². The lowest BCUT2D eigenvalue weighted by Crippen LogP contribution is -2.29. The fraction of sp³-hybridized carbons (Fsp3) is 0.769. The number of likely N-dealkylation sites (tertiary alicyclic amines) is 1. The summed E-state index contributed by atoms with van der Waals surface area (Å²) in [5.74, 6) is 0. The lowest BCUT2D eigenvalue weighted by Gasteiger charge is -2.24. The van der Waals surface area contributed by atoms with Crippen molar-refractivity contribution < 1.29 is 17.9 Å². The highest BCUT2D eigenvalue weighted by Crippen LogP contribution is 2.37. The quantitative estimate of drug-likeness (QED) is 0.779. The van der Waals surface area contributed by atoms with Gasteiger partial charge in [-0.15, -0.1) is 0 Å². The zero-order chi connectivity index (χ0) is 15.6. The number of aromatic nitrogens is 2. The van der Waals surface area contributed by atoms with Crippen LogP contribution in [0.25, 0.3) is 0 Å². The number of ether oxygens (including phenoxy) is 1. The van der Waals surface area contributed by atoms with Crippen molar-refractivity contribution in [3.63, 3.8) is 0 Å². The first kappa shape index (κ1) is 16.6. The molecule has 8 heteroatoms. The maximum atomic E-state index is 12.0. The molecule has 2 rings (SSSR count). The number of alkyl halides is 3. The SMILES string of the molecule is Cc1nn(C)c(Cl)c1C1CCCN1CCOCC(F)(F)F. The van der Waals surface area contributed by atoms with E-state index in [4.69, 9.17) is 11.6 Å². The Bertz CT molecular complexity index is 490.